The fourth-order valence-corrected chi connectivity index (χ4v) is 3.69. The van der Waals surface area contributed by atoms with Gasteiger partial charge < -0.3 is 5.32 Å². The van der Waals surface area contributed by atoms with Crippen molar-refractivity contribution in [3.8, 4) is 0 Å². The summed E-state index contributed by atoms with van der Waals surface area (Å²) < 4.78 is 0. The molecule has 1 fully saturated rings. The van der Waals surface area contributed by atoms with E-state index in [1.54, 1.807) is 5.19 Å². The second-order valence-corrected chi connectivity index (χ2v) is 11.6. The van der Waals surface area contributed by atoms with Crippen LogP contribution in [0.2, 0.25) is 19.6 Å². The molecule has 1 heterocycles. The smallest absolute Gasteiger partial charge is 0.0775 e. The summed E-state index contributed by atoms with van der Waals surface area (Å²) >= 11 is 0. The molecule has 2 nitrogen and oxygen atoms in total. The number of rotatable bonds is 3. The van der Waals surface area contributed by atoms with Crippen LogP contribution in [0, 0.1) is 0 Å². The maximum Gasteiger partial charge on any atom is 0.0775 e. The van der Waals surface area contributed by atoms with Gasteiger partial charge in [-0.2, -0.15) is 0 Å². The van der Waals surface area contributed by atoms with Crippen LogP contribution >= 0.6 is 0 Å². The third-order valence-electron chi connectivity index (χ3n) is 3.68. The molecule has 1 saturated heterocycles. The Bertz CT molecular complexity index is 380. The number of benzene rings is 1. The lowest BCUT2D eigenvalue weighted by atomic mass is 10.1. The van der Waals surface area contributed by atoms with Crippen LogP contribution in [-0.4, -0.2) is 38.6 Å². The summed E-state index contributed by atoms with van der Waals surface area (Å²) in [4.78, 5) is 2.55. The van der Waals surface area contributed by atoms with Crippen LogP contribution in [0.4, 0.5) is 0 Å². The monoisotopic (exact) mass is 262 g/mol. The summed E-state index contributed by atoms with van der Waals surface area (Å²) in [6, 6.07) is 9.95. The lowest BCUT2D eigenvalue weighted by Gasteiger charge is -2.31. The molecule has 0 spiro atoms. The highest BCUT2D eigenvalue weighted by Crippen LogP contribution is 2.09. The molecule has 1 aliphatic heterocycles. The van der Waals surface area contributed by atoms with Crippen LogP contribution in [-0.2, 0) is 6.54 Å². The van der Waals surface area contributed by atoms with E-state index in [1.807, 2.05) is 0 Å². The number of hydrogen-bond acceptors (Lipinski definition) is 2. The van der Waals surface area contributed by atoms with E-state index in [9.17, 15) is 0 Å². The second kappa shape index (κ2) is 5.55. The molecule has 0 saturated carbocycles. The van der Waals surface area contributed by atoms with Crippen molar-refractivity contribution in [1.82, 2.24) is 10.2 Å². The molecule has 3 heteroatoms. The predicted molar refractivity (Wildman–Crippen MR) is 82.2 cm³/mol. The first-order chi connectivity index (χ1) is 8.45. The Morgan fingerprint density at radius 1 is 1.22 bits per heavy atom. The largest absolute Gasteiger partial charge is 0.312 e. The standard InChI is InChI=1S/C15H26N2Si/c1-13-11-17(10-9-16-13)12-14-5-7-15(8-6-14)18(2,3)4/h5-8,13,16H,9-12H2,1-4H3. The predicted octanol–water partition coefficient (Wildman–Crippen LogP) is 2.03. The average Bonchev–Trinajstić information content (AvgIpc) is 2.28. The van der Waals surface area contributed by atoms with Crippen LogP contribution in [0.1, 0.15) is 12.5 Å². The van der Waals surface area contributed by atoms with Gasteiger partial charge >= 0.3 is 0 Å². The Balaban J connectivity index is 1.98. The number of piperazine rings is 1. The van der Waals surface area contributed by atoms with Crippen molar-refractivity contribution in [3.05, 3.63) is 29.8 Å². The summed E-state index contributed by atoms with van der Waals surface area (Å²) in [5, 5.41) is 5.05. The van der Waals surface area contributed by atoms with Gasteiger partial charge in [0.1, 0.15) is 0 Å². The maximum absolute atomic E-state index is 3.49. The fraction of sp³-hybridized carbons (Fsp3) is 0.600. The Hall–Kier alpha value is -0.643. The van der Waals surface area contributed by atoms with Crippen LogP contribution in [0.15, 0.2) is 24.3 Å². The Morgan fingerprint density at radius 2 is 1.89 bits per heavy atom. The van der Waals surface area contributed by atoms with E-state index in [1.165, 1.54) is 12.1 Å². The highest BCUT2D eigenvalue weighted by atomic mass is 28.3. The van der Waals surface area contributed by atoms with E-state index in [0.29, 0.717) is 6.04 Å². The van der Waals surface area contributed by atoms with Crippen molar-refractivity contribution in [3.63, 3.8) is 0 Å². The van der Waals surface area contributed by atoms with E-state index < -0.39 is 8.07 Å². The highest BCUT2D eigenvalue weighted by molar-refractivity contribution is 6.88. The van der Waals surface area contributed by atoms with Gasteiger partial charge in [-0.05, 0) is 12.5 Å². The zero-order chi connectivity index (χ0) is 13.2. The normalized spacial score (nSPS) is 22.1. The van der Waals surface area contributed by atoms with Crippen LogP contribution in [0.5, 0.6) is 0 Å². The van der Waals surface area contributed by atoms with E-state index in [2.05, 4.69) is 61.0 Å². The molecule has 1 atom stereocenters. The molecular formula is C15H26N2Si. The van der Waals surface area contributed by atoms with E-state index >= 15 is 0 Å². The van der Waals surface area contributed by atoms with Gasteiger partial charge in [-0.25, -0.2) is 0 Å². The maximum atomic E-state index is 3.49. The summed E-state index contributed by atoms with van der Waals surface area (Å²) in [6.45, 7) is 14.0. The zero-order valence-electron chi connectivity index (χ0n) is 12.2. The van der Waals surface area contributed by atoms with Gasteiger partial charge in [0, 0.05) is 32.2 Å². The molecule has 1 N–H and O–H groups in total. The van der Waals surface area contributed by atoms with Gasteiger partial charge in [-0.1, -0.05) is 49.1 Å². The Labute approximate surface area is 112 Å². The molecule has 0 radical (unpaired) electrons. The first-order valence-electron chi connectivity index (χ1n) is 7.00. The van der Waals surface area contributed by atoms with Gasteiger partial charge in [-0.3, -0.25) is 4.90 Å². The summed E-state index contributed by atoms with van der Waals surface area (Å²) in [7, 11) is -1.14. The molecule has 1 aliphatic rings. The zero-order valence-corrected chi connectivity index (χ0v) is 13.2. The summed E-state index contributed by atoms with van der Waals surface area (Å²) in [5.41, 5.74) is 1.45. The van der Waals surface area contributed by atoms with Crippen LogP contribution in [0.3, 0.4) is 0 Å². The van der Waals surface area contributed by atoms with E-state index in [0.717, 1.165) is 19.6 Å². The quantitative estimate of drug-likeness (QED) is 0.839. The molecule has 100 valence electrons. The Morgan fingerprint density at radius 3 is 2.44 bits per heavy atom. The van der Waals surface area contributed by atoms with Crippen molar-refractivity contribution in [2.45, 2.75) is 39.2 Å². The molecule has 1 unspecified atom stereocenters. The van der Waals surface area contributed by atoms with Gasteiger partial charge in [0.05, 0.1) is 8.07 Å². The minimum Gasteiger partial charge on any atom is -0.312 e. The van der Waals surface area contributed by atoms with Crippen LogP contribution < -0.4 is 10.5 Å². The van der Waals surface area contributed by atoms with Crippen molar-refractivity contribution in [2.24, 2.45) is 0 Å². The lowest BCUT2D eigenvalue weighted by Crippen LogP contribution is -2.48. The van der Waals surface area contributed by atoms with E-state index in [-0.39, 0.29) is 0 Å². The molecule has 0 aromatic heterocycles. The Kier molecular flexibility index (Phi) is 4.25. The van der Waals surface area contributed by atoms with Crippen LogP contribution in [0.25, 0.3) is 0 Å². The third kappa shape index (κ3) is 3.67. The number of nitrogens with zero attached hydrogens (tertiary/aromatic N) is 1. The molecule has 0 amide bonds. The fourth-order valence-electron chi connectivity index (χ4n) is 2.52. The lowest BCUT2D eigenvalue weighted by molar-refractivity contribution is 0.199. The number of hydrogen-bond donors (Lipinski definition) is 1. The van der Waals surface area contributed by atoms with Gasteiger partial charge in [0.15, 0.2) is 0 Å². The number of nitrogens with one attached hydrogen (secondary N) is 1. The average molecular weight is 262 g/mol. The SMILES string of the molecule is CC1CN(Cc2ccc([Si](C)(C)C)cc2)CCN1. The second-order valence-electron chi connectivity index (χ2n) is 6.54. The molecule has 18 heavy (non-hydrogen) atoms. The van der Waals surface area contributed by atoms with Crippen molar-refractivity contribution >= 4 is 13.3 Å². The highest BCUT2D eigenvalue weighted by Gasteiger charge is 2.17. The van der Waals surface area contributed by atoms with Crippen molar-refractivity contribution in [1.29, 1.82) is 0 Å². The minimum absolute atomic E-state index is 0.625. The first-order valence-corrected chi connectivity index (χ1v) is 10.5. The van der Waals surface area contributed by atoms with Gasteiger partial charge in [0.25, 0.3) is 0 Å². The molecule has 1 aromatic rings. The summed E-state index contributed by atoms with van der Waals surface area (Å²) in [6.07, 6.45) is 0. The topological polar surface area (TPSA) is 15.3 Å². The molecule has 1 aromatic carbocycles. The minimum atomic E-state index is -1.14. The molecular weight excluding hydrogens is 236 g/mol. The molecule has 0 aliphatic carbocycles. The molecule has 0 bridgehead atoms. The third-order valence-corrected chi connectivity index (χ3v) is 5.74. The molecule has 2 rings (SSSR count). The van der Waals surface area contributed by atoms with Crippen molar-refractivity contribution in [2.75, 3.05) is 19.6 Å². The van der Waals surface area contributed by atoms with Gasteiger partial charge in [-0.15, -0.1) is 0 Å². The van der Waals surface area contributed by atoms with Gasteiger partial charge in [0.2, 0.25) is 0 Å². The first kappa shape index (κ1) is 13.8. The van der Waals surface area contributed by atoms with Crippen molar-refractivity contribution < 1.29 is 0 Å². The summed E-state index contributed by atoms with van der Waals surface area (Å²) in [5.74, 6) is 0. The van der Waals surface area contributed by atoms with E-state index in [4.69, 9.17) is 0 Å².